The van der Waals surface area contributed by atoms with Crippen molar-refractivity contribution in [1.82, 2.24) is 0 Å². The summed E-state index contributed by atoms with van der Waals surface area (Å²) in [6.07, 6.45) is 0. The summed E-state index contributed by atoms with van der Waals surface area (Å²) in [6.45, 7) is 0.396. The Morgan fingerprint density at radius 3 is 2.50 bits per heavy atom. The van der Waals surface area contributed by atoms with Crippen molar-refractivity contribution >= 4 is 11.8 Å². The molecule has 2 aromatic carbocycles. The molecule has 0 saturated carbocycles. The van der Waals surface area contributed by atoms with Crippen molar-refractivity contribution in [3.05, 3.63) is 59.7 Å². The third kappa shape index (κ3) is 3.97. The molecule has 0 fully saturated rings. The van der Waals surface area contributed by atoms with E-state index in [-0.39, 0.29) is 0 Å². The van der Waals surface area contributed by atoms with Crippen LogP contribution in [0.25, 0.3) is 0 Å². The van der Waals surface area contributed by atoms with Crippen molar-refractivity contribution in [1.29, 1.82) is 5.26 Å². The number of thioether (sulfide) groups is 1. The van der Waals surface area contributed by atoms with Gasteiger partial charge in [0, 0.05) is 16.7 Å². The molecule has 0 amide bonds. The number of ether oxygens (including phenoxy) is 1. The van der Waals surface area contributed by atoms with Crippen LogP contribution in [0, 0.1) is 23.0 Å². The predicted octanol–water partition coefficient (Wildman–Crippen LogP) is 4.01. The minimum Gasteiger partial charge on any atom is -0.493 e. The standard InChI is InChI=1S/C15H11F2NOS/c16-12-3-6-15(14(17)9-12)20-8-7-19-13-4-1-11(10-18)2-5-13/h1-6,9H,7-8H2. The first kappa shape index (κ1) is 14.4. The highest BCUT2D eigenvalue weighted by Crippen LogP contribution is 2.22. The Bertz CT molecular complexity index is 623. The highest BCUT2D eigenvalue weighted by molar-refractivity contribution is 7.99. The lowest BCUT2D eigenvalue weighted by molar-refractivity contribution is 0.344. The molecular formula is C15H11F2NOS. The summed E-state index contributed by atoms with van der Waals surface area (Å²) >= 11 is 1.26. The van der Waals surface area contributed by atoms with E-state index in [0.717, 1.165) is 6.07 Å². The first-order valence-electron chi connectivity index (χ1n) is 5.90. The number of rotatable bonds is 5. The van der Waals surface area contributed by atoms with Gasteiger partial charge in [-0.25, -0.2) is 8.78 Å². The summed E-state index contributed by atoms with van der Waals surface area (Å²) in [4.78, 5) is 0.398. The van der Waals surface area contributed by atoms with Crippen LogP contribution < -0.4 is 4.74 Å². The van der Waals surface area contributed by atoms with Gasteiger partial charge in [0.1, 0.15) is 17.4 Å². The van der Waals surface area contributed by atoms with Crippen LogP contribution >= 0.6 is 11.8 Å². The summed E-state index contributed by atoms with van der Waals surface area (Å²) in [7, 11) is 0. The number of benzene rings is 2. The van der Waals surface area contributed by atoms with Crippen molar-refractivity contribution in [3.63, 3.8) is 0 Å². The third-order valence-corrected chi connectivity index (χ3v) is 3.50. The van der Waals surface area contributed by atoms with E-state index >= 15 is 0 Å². The van der Waals surface area contributed by atoms with Gasteiger partial charge in [0.2, 0.25) is 0 Å². The molecule has 0 radical (unpaired) electrons. The fourth-order valence-corrected chi connectivity index (χ4v) is 2.28. The van der Waals surface area contributed by atoms with Crippen LogP contribution in [0.5, 0.6) is 5.75 Å². The second kappa shape index (κ2) is 6.92. The molecule has 0 aliphatic rings. The van der Waals surface area contributed by atoms with Gasteiger partial charge in [-0.15, -0.1) is 11.8 Å². The summed E-state index contributed by atoms with van der Waals surface area (Å²) in [5.74, 6) is 0.0565. The van der Waals surface area contributed by atoms with Gasteiger partial charge in [0.15, 0.2) is 0 Å². The first-order valence-corrected chi connectivity index (χ1v) is 6.88. The van der Waals surface area contributed by atoms with Gasteiger partial charge in [-0.2, -0.15) is 5.26 Å². The Labute approximate surface area is 120 Å². The fraction of sp³-hybridized carbons (Fsp3) is 0.133. The van der Waals surface area contributed by atoms with Crippen LogP contribution in [-0.2, 0) is 0 Å². The lowest BCUT2D eigenvalue weighted by Gasteiger charge is -2.06. The molecule has 0 bridgehead atoms. The van der Waals surface area contributed by atoms with Gasteiger partial charge < -0.3 is 4.74 Å². The number of hydrogen-bond donors (Lipinski definition) is 0. The van der Waals surface area contributed by atoms with Crippen LogP contribution in [0.15, 0.2) is 47.4 Å². The Balaban J connectivity index is 1.80. The van der Waals surface area contributed by atoms with Crippen LogP contribution in [0.1, 0.15) is 5.56 Å². The predicted molar refractivity (Wildman–Crippen MR) is 73.7 cm³/mol. The molecule has 102 valence electrons. The molecule has 0 atom stereocenters. The van der Waals surface area contributed by atoms with Crippen molar-refractivity contribution in [3.8, 4) is 11.8 Å². The normalized spacial score (nSPS) is 10.1. The highest BCUT2D eigenvalue weighted by Gasteiger charge is 2.04. The third-order valence-electron chi connectivity index (χ3n) is 2.49. The molecule has 2 nitrogen and oxygen atoms in total. The van der Waals surface area contributed by atoms with Gasteiger partial charge in [-0.1, -0.05) is 0 Å². The Morgan fingerprint density at radius 1 is 1.10 bits per heavy atom. The second-order valence-corrected chi connectivity index (χ2v) is 5.04. The fourth-order valence-electron chi connectivity index (χ4n) is 1.53. The Kier molecular flexibility index (Phi) is 4.97. The molecule has 0 heterocycles. The minimum absolute atomic E-state index is 0.396. The maximum atomic E-state index is 13.4. The van der Waals surface area contributed by atoms with Crippen molar-refractivity contribution in [2.24, 2.45) is 0 Å². The summed E-state index contributed by atoms with van der Waals surface area (Å²) in [5.41, 5.74) is 0.570. The summed E-state index contributed by atoms with van der Waals surface area (Å²) in [5, 5.41) is 8.66. The number of nitriles is 1. The van der Waals surface area contributed by atoms with Crippen molar-refractivity contribution < 1.29 is 13.5 Å². The van der Waals surface area contributed by atoms with Gasteiger partial charge in [-0.3, -0.25) is 0 Å². The van der Waals surface area contributed by atoms with Gasteiger partial charge in [-0.05, 0) is 36.4 Å². The summed E-state index contributed by atoms with van der Waals surface area (Å²) < 4.78 is 31.5. The molecule has 0 aliphatic carbocycles. The molecule has 0 aliphatic heterocycles. The average Bonchev–Trinajstić information content (AvgIpc) is 2.46. The van der Waals surface area contributed by atoms with E-state index in [0.29, 0.717) is 28.6 Å². The molecule has 0 spiro atoms. The molecule has 5 heteroatoms. The van der Waals surface area contributed by atoms with E-state index in [1.54, 1.807) is 24.3 Å². The zero-order valence-corrected chi connectivity index (χ0v) is 11.3. The van der Waals surface area contributed by atoms with Crippen LogP contribution in [0.3, 0.4) is 0 Å². The van der Waals surface area contributed by atoms with E-state index in [4.69, 9.17) is 10.00 Å². The minimum atomic E-state index is -0.583. The molecular weight excluding hydrogens is 280 g/mol. The maximum absolute atomic E-state index is 13.4. The largest absolute Gasteiger partial charge is 0.493 e. The second-order valence-electron chi connectivity index (χ2n) is 3.91. The molecule has 0 N–H and O–H groups in total. The number of halogens is 2. The van der Waals surface area contributed by atoms with Crippen molar-refractivity contribution in [2.45, 2.75) is 4.90 Å². The lowest BCUT2D eigenvalue weighted by atomic mass is 10.2. The number of nitrogens with zero attached hydrogens (tertiary/aromatic N) is 1. The lowest BCUT2D eigenvalue weighted by Crippen LogP contribution is -2.00. The first-order chi connectivity index (χ1) is 9.69. The Morgan fingerprint density at radius 2 is 1.85 bits per heavy atom. The zero-order chi connectivity index (χ0) is 14.4. The van der Waals surface area contributed by atoms with E-state index in [1.165, 1.54) is 23.9 Å². The van der Waals surface area contributed by atoms with E-state index in [9.17, 15) is 8.78 Å². The van der Waals surface area contributed by atoms with Crippen molar-refractivity contribution in [2.75, 3.05) is 12.4 Å². The summed E-state index contributed by atoms with van der Waals surface area (Å²) in [6, 6.07) is 12.3. The van der Waals surface area contributed by atoms with Crippen LogP contribution in [-0.4, -0.2) is 12.4 Å². The molecule has 0 saturated heterocycles. The number of hydrogen-bond acceptors (Lipinski definition) is 3. The molecule has 0 aromatic heterocycles. The maximum Gasteiger partial charge on any atom is 0.139 e. The SMILES string of the molecule is N#Cc1ccc(OCCSc2ccc(F)cc2F)cc1. The van der Waals surface area contributed by atoms with E-state index < -0.39 is 11.6 Å². The molecule has 2 rings (SSSR count). The average molecular weight is 291 g/mol. The smallest absolute Gasteiger partial charge is 0.139 e. The van der Waals surface area contributed by atoms with E-state index in [1.807, 2.05) is 6.07 Å². The molecule has 20 heavy (non-hydrogen) atoms. The van der Waals surface area contributed by atoms with Gasteiger partial charge >= 0.3 is 0 Å². The highest BCUT2D eigenvalue weighted by atomic mass is 32.2. The van der Waals surface area contributed by atoms with E-state index in [2.05, 4.69) is 0 Å². The van der Waals surface area contributed by atoms with Gasteiger partial charge in [0.25, 0.3) is 0 Å². The van der Waals surface area contributed by atoms with Crippen LogP contribution in [0.2, 0.25) is 0 Å². The monoisotopic (exact) mass is 291 g/mol. The topological polar surface area (TPSA) is 33.0 Å². The molecule has 2 aromatic rings. The zero-order valence-electron chi connectivity index (χ0n) is 10.5. The Hall–Kier alpha value is -2.06. The molecule has 0 unspecified atom stereocenters. The van der Waals surface area contributed by atoms with Gasteiger partial charge in [0.05, 0.1) is 18.2 Å². The van der Waals surface area contributed by atoms with Crippen LogP contribution in [0.4, 0.5) is 8.78 Å². The quantitative estimate of drug-likeness (QED) is 0.616.